The van der Waals surface area contributed by atoms with Gasteiger partial charge < -0.3 is 5.11 Å². The highest BCUT2D eigenvalue weighted by atomic mass is 16.4. The van der Waals surface area contributed by atoms with Crippen molar-refractivity contribution in [1.29, 1.82) is 0 Å². The van der Waals surface area contributed by atoms with Gasteiger partial charge in [0.25, 0.3) is 0 Å². The summed E-state index contributed by atoms with van der Waals surface area (Å²) >= 11 is 0. The molecule has 0 heterocycles. The molecule has 3 heteroatoms. The van der Waals surface area contributed by atoms with Gasteiger partial charge in [-0.15, -0.1) is 0 Å². The van der Waals surface area contributed by atoms with Crippen LogP contribution in [0.3, 0.4) is 0 Å². The maximum absolute atomic E-state index is 11.8. The Balaban J connectivity index is 2.63. The Morgan fingerprint density at radius 2 is 1.88 bits per heavy atom. The van der Waals surface area contributed by atoms with E-state index in [1.807, 2.05) is 32.0 Å². The summed E-state index contributed by atoms with van der Waals surface area (Å²) in [5.74, 6) is -0.827. The Kier molecular flexibility index (Phi) is 4.23. The van der Waals surface area contributed by atoms with Gasteiger partial charge in [-0.05, 0) is 25.8 Å². The summed E-state index contributed by atoms with van der Waals surface area (Å²) in [6.45, 7) is 3.88. The third kappa shape index (κ3) is 3.50. The zero-order valence-electron chi connectivity index (χ0n) is 9.62. The highest BCUT2D eigenvalue weighted by molar-refractivity contribution is 5.97. The van der Waals surface area contributed by atoms with E-state index < -0.39 is 5.97 Å². The second-order valence-electron chi connectivity index (χ2n) is 3.99. The lowest BCUT2D eigenvalue weighted by molar-refractivity contribution is -0.137. The second kappa shape index (κ2) is 5.45. The van der Waals surface area contributed by atoms with Crippen molar-refractivity contribution < 1.29 is 14.7 Å². The minimum atomic E-state index is -0.853. The number of carbonyl (C=O) groups is 2. The van der Waals surface area contributed by atoms with Gasteiger partial charge in [-0.2, -0.15) is 0 Å². The molecule has 0 saturated heterocycles. The van der Waals surface area contributed by atoms with Crippen molar-refractivity contribution in [1.82, 2.24) is 0 Å². The first-order valence-electron chi connectivity index (χ1n) is 5.33. The summed E-state index contributed by atoms with van der Waals surface area (Å²) in [4.78, 5) is 22.1. The van der Waals surface area contributed by atoms with E-state index in [9.17, 15) is 9.59 Å². The summed E-state index contributed by atoms with van der Waals surface area (Å²) in [5.41, 5.74) is 2.79. The lowest BCUT2D eigenvalue weighted by Crippen LogP contribution is -2.03. The van der Waals surface area contributed by atoms with Gasteiger partial charge >= 0.3 is 5.97 Å². The molecule has 0 unspecified atom stereocenters. The summed E-state index contributed by atoms with van der Waals surface area (Å²) in [5, 5.41) is 8.48. The number of aliphatic carboxylic acids is 1. The summed E-state index contributed by atoms with van der Waals surface area (Å²) in [6.07, 6.45) is 0.758. The quantitative estimate of drug-likeness (QED) is 0.776. The van der Waals surface area contributed by atoms with E-state index in [0.29, 0.717) is 18.4 Å². The SMILES string of the molecule is Cc1ccc(C(=O)CCCC(=O)O)c(C)c1. The Morgan fingerprint density at radius 3 is 2.44 bits per heavy atom. The van der Waals surface area contributed by atoms with Crippen molar-refractivity contribution in [2.45, 2.75) is 33.1 Å². The van der Waals surface area contributed by atoms with Crippen molar-refractivity contribution >= 4 is 11.8 Å². The third-order valence-corrected chi connectivity index (χ3v) is 2.48. The number of carboxylic acid groups (broad SMARTS) is 1. The largest absolute Gasteiger partial charge is 0.481 e. The van der Waals surface area contributed by atoms with Crippen molar-refractivity contribution in [3.05, 3.63) is 34.9 Å². The van der Waals surface area contributed by atoms with Gasteiger partial charge in [0.1, 0.15) is 0 Å². The van der Waals surface area contributed by atoms with Gasteiger partial charge in [-0.1, -0.05) is 23.8 Å². The highest BCUT2D eigenvalue weighted by Gasteiger charge is 2.09. The lowest BCUT2D eigenvalue weighted by atomic mass is 9.99. The van der Waals surface area contributed by atoms with E-state index in [1.54, 1.807) is 0 Å². The van der Waals surface area contributed by atoms with Crippen LogP contribution in [0.1, 0.15) is 40.7 Å². The molecule has 0 aromatic heterocycles. The summed E-state index contributed by atoms with van der Waals surface area (Å²) in [6, 6.07) is 5.68. The topological polar surface area (TPSA) is 54.4 Å². The minimum Gasteiger partial charge on any atom is -0.481 e. The predicted molar refractivity (Wildman–Crippen MR) is 61.7 cm³/mol. The minimum absolute atomic E-state index is 0.0266. The number of hydrogen-bond acceptors (Lipinski definition) is 2. The Bertz CT molecular complexity index is 408. The van der Waals surface area contributed by atoms with Crippen LogP contribution in [-0.4, -0.2) is 16.9 Å². The van der Waals surface area contributed by atoms with Gasteiger partial charge in [0.15, 0.2) is 5.78 Å². The predicted octanol–water partition coefficient (Wildman–Crippen LogP) is 2.74. The number of hydrogen-bond donors (Lipinski definition) is 1. The molecule has 0 saturated carbocycles. The first kappa shape index (κ1) is 12.4. The molecule has 1 aromatic rings. The highest BCUT2D eigenvalue weighted by Crippen LogP contribution is 2.14. The Labute approximate surface area is 95.1 Å². The average molecular weight is 220 g/mol. The van der Waals surface area contributed by atoms with Crippen molar-refractivity contribution in [2.75, 3.05) is 0 Å². The van der Waals surface area contributed by atoms with Gasteiger partial charge in [0.05, 0.1) is 0 Å². The van der Waals surface area contributed by atoms with Crippen LogP contribution in [0.5, 0.6) is 0 Å². The molecular formula is C13H16O3. The zero-order valence-corrected chi connectivity index (χ0v) is 9.62. The fourth-order valence-corrected chi connectivity index (χ4v) is 1.66. The monoisotopic (exact) mass is 220 g/mol. The zero-order chi connectivity index (χ0) is 12.1. The van der Waals surface area contributed by atoms with Crippen LogP contribution >= 0.6 is 0 Å². The number of benzene rings is 1. The molecule has 0 aliphatic heterocycles. The number of Topliss-reactive ketones (excluding diaryl/α,β-unsaturated/α-hetero) is 1. The number of rotatable bonds is 5. The van der Waals surface area contributed by atoms with Gasteiger partial charge in [-0.3, -0.25) is 9.59 Å². The molecule has 0 radical (unpaired) electrons. The molecule has 0 spiro atoms. The third-order valence-electron chi connectivity index (χ3n) is 2.48. The maximum Gasteiger partial charge on any atom is 0.303 e. The standard InChI is InChI=1S/C13H16O3/c1-9-6-7-11(10(2)8-9)12(14)4-3-5-13(15)16/h6-8H,3-5H2,1-2H3,(H,15,16). The van der Waals surface area contributed by atoms with Crippen LogP contribution in [0.4, 0.5) is 0 Å². The van der Waals surface area contributed by atoms with Crippen molar-refractivity contribution in [2.24, 2.45) is 0 Å². The van der Waals surface area contributed by atoms with Crippen LogP contribution < -0.4 is 0 Å². The molecule has 0 bridgehead atoms. The fourth-order valence-electron chi connectivity index (χ4n) is 1.66. The van der Waals surface area contributed by atoms with Crippen LogP contribution in [0.25, 0.3) is 0 Å². The molecule has 16 heavy (non-hydrogen) atoms. The number of carbonyl (C=O) groups excluding carboxylic acids is 1. The van der Waals surface area contributed by atoms with Crippen molar-refractivity contribution in [3.8, 4) is 0 Å². The van der Waals surface area contributed by atoms with Crippen LogP contribution in [-0.2, 0) is 4.79 Å². The van der Waals surface area contributed by atoms with E-state index >= 15 is 0 Å². The molecule has 0 atom stereocenters. The second-order valence-corrected chi connectivity index (χ2v) is 3.99. The molecule has 1 aromatic carbocycles. The molecule has 0 fully saturated rings. The van der Waals surface area contributed by atoms with Crippen molar-refractivity contribution in [3.63, 3.8) is 0 Å². The Morgan fingerprint density at radius 1 is 1.19 bits per heavy atom. The first-order chi connectivity index (χ1) is 7.50. The molecule has 3 nitrogen and oxygen atoms in total. The fraction of sp³-hybridized carbons (Fsp3) is 0.385. The van der Waals surface area contributed by atoms with Gasteiger partial charge in [0, 0.05) is 18.4 Å². The summed E-state index contributed by atoms with van der Waals surface area (Å²) in [7, 11) is 0. The molecule has 1 N–H and O–H groups in total. The molecule has 1 rings (SSSR count). The van der Waals surface area contributed by atoms with E-state index in [2.05, 4.69) is 0 Å². The number of aryl methyl sites for hydroxylation is 2. The van der Waals surface area contributed by atoms with E-state index in [4.69, 9.17) is 5.11 Å². The first-order valence-corrected chi connectivity index (χ1v) is 5.33. The van der Waals surface area contributed by atoms with Crippen LogP contribution in [0, 0.1) is 13.8 Å². The van der Waals surface area contributed by atoms with E-state index in [-0.39, 0.29) is 12.2 Å². The molecule has 86 valence electrons. The van der Waals surface area contributed by atoms with Crippen LogP contribution in [0.15, 0.2) is 18.2 Å². The molecule has 0 aliphatic carbocycles. The molecule has 0 aliphatic rings. The number of ketones is 1. The van der Waals surface area contributed by atoms with Gasteiger partial charge in [-0.25, -0.2) is 0 Å². The van der Waals surface area contributed by atoms with Crippen LogP contribution in [0.2, 0.25) is 0 Å². The normalized spacial score (nSPS) is 10.1. The van der Waals surface area contributed by atoms with E-state index in [0.717, 1.165) is 11.1 Å². The molecule has 0 amide bonds. The Hall–Kier alpha value is -1.64. The number of carboxylic acids is 1. The lowest BCUT2D eigenvalue weighted by Gasteiger charge is -2.05. The van der Waals surface area contributed by atoms with E-state index in [1.165, 1.54) is 0 Å². The maximum atomic E-state index is 11.8. The summed E-state index contributed by atoms with van der Waals surface area (Å²) < 4.78 is 0. The smallest absolute Gasteiger partial charge is 0.303 e. The van der Waals surface area contributed by atoms with Gasteiger partial charge in [0.2, 0.25) is 0 Å². The average Bonchev–Trinajstić information content (AvgIpc) is 2.16. The molecular weight excluding hydrogens is 204 g/mol.